The van der Waals surface area contributed by atoms with E-state index < -0.39 is 43.5 Å². The van der Waals surface area contributed by atoms with Crippen LogP contribution in [0.25, 0.3) is 0 Å². The van der Waals surface area contributed by atoms with Gasteiger partial charge in [-0.3, -0.25) is 14.9 Å². The van der Waals surface area contributed by atoms with Gasteiger partial charge in [0, 0.05) is 6.07 Å². The summed E-state index contributed by atoms with van der Waals surface area (Å²) >= 11 is 0. The molecule has 0 aromatic heterocycles. The maximum absolute atomic E-state index is 12.6. The number of carbonyl (C=O) groups is 1. The van der Waals surface area contributed by atoms with Crippen LogP contribution in [0, 0.1) is 16.0 Å². The van der Waals surface area contributed by atoms with E-state index in [1.807, 2.05) is 30.3 Å². The average Bonchev–Trinajstić information content (AvgIpc) is 2.95. The molecule has 1 saturated heterocycles. The third-order valence-electron chi connectivity index (χ3n) is 4.15. The number of cyclic esters (lactones) is 1. The van der Waals surface area contributed by atoms with Gasteiger partial charge in [-0.25, -0.2) is 13.1 Å². The second-order valence-corrected chi connectivity index (χ2v) is 7.56. The van der Waals surface area contributed by atoms with Crippen molar-refractivity contribution in [2.45, 2.75) is 17.4 Å². The lowest BCUT2D eigenvalue weighted by atomic mass is 9.95. The van der Waals surface area contributed by atoms with E-state index in [2.05, 4.69) is 4.72 Å². The molecule has 8 nitrogen and oxygen atoms in total. The van der Waals surface area contributed by atoms with Gasteiger partial charge in [-0.2, -0.15) is 0 Å². The van der Waals surface area contributed by atoms with Crippen molar-refractivity contribution >= 4 is 21.7 Å². The Labute approximate surface area is 150 Å². The number of nitrogens with one attached hydrogen (secondary N) is 1. The molecule has 0 bridgehead atoms. The first-order valence-corrected chi connectivity index (χ1v) is 9.33. The molecule has 0 saturated carbocycles. The van der Waals surface area contributed by atoms with Crippen molar-refractivity contribution in [2.75, 3.05) is 6.61 Å². The van der Waals surface area contributed by atoms with Gasteiger partial charge < -0.3 is 4.74 Å². The molecule has 2 atom stereocenters. The lowest BCUT2D eigenvalue weighted by molar-refractivity contribution is -0.387. The minimum Gasteiger partial charge on any atom is -0.464 e. The van der Waals surface area contributed by atoms with Crippen LogP contribution in [-0.2, 0) is 26.0 Å². The smallest absolute Gasteiger partial charge is 0.311 e. The molecule has 2 aromatic carbocycles. The SMILES string of the molecule is O=C1OC[C@@H](NS(=O)(=O)c2ccccc2[N+](=O)[O-])[C@@H]1Cc1ccccc1. The van der Waals surface area contributed by atoms with E-state index in [1.165, 1.54) is 12.1 Å². The van der Waals surface area contributed by atoms with Gasteiger partial charge in [0.05, 0.1) is 16.9 Å². The summed E-state index contributed by atoms with van der Waals surface area (Å²) in [4.78, 5) is 21.9. The average molecular weight is 376 g/mol. The minimum absolute atomic E-state index is 0.115. The predicted octanol–water partition coefficient (Wildman–Crippen LogP) is 1.66. The fourth-order valence-electron chi connectivity index (χ4n) is 2.87. The Bertz CT molecular complexity index is 929. The standard InChI is InChI=1S/C17H16N2O6S/c20-17-13(10-12-6-2-1-3-7-12)14(11-25-17)18-26(23,24)16-9-5-4-8-15(16)19(21)22/h1-9,13-14,18H,10-11H2/t13-,14+/m0/s1. The van der Waals surface area contributed by atoms with E-state index in [0.29, 0.717) is 6.42 Å². The number of rotatable bonds is 6. The fraction of sp³-hybridized carbons (Fsp3) is 0.235. The minimum atomic E-state index is -4.19. The zero-order valence-electron chi connectivity index (χ0n) is 13.6. The molecule has 9 heteroatoms. The number of hydrogen-bond donors (Lipinski definition) is 1. The number of para-hydroxylation sites is 1. The van der Waals surface area contributed by atoms with Crippen LogP contribution >= 0.6 is 0 Å². The number of nitrogens with zero attached hydrogens (tertiary/aromatic N) is 1. The maximum Gasteiger partial charge on any atom is 0.311 e. The normalized spacial score (nSPS) is 19.9. The second-order valence-electron chi connectivity index (χ2n) is 5.88. The van der Waals surface area contributed by atoms with Crippen molar-refractivity contribution in [3.63, 3.8) is 0 Å². The van der Waals surface area contributed by atoms with E-state index in [9.17, 15) is 23.3 Å². The van der Waals surface area contributed by atoms with Gasteiger partial charge in [0.1, 0.15) is 6.61 Å². The van der Waals surface area contributed by atoms with Crippen LogP contribution in [-0.4, -0.2) is 32.0 Å². The Morgan fingerprint density at radius 1 is 1.12 bits per heavy atom. The molecule has 0 unspecified atom stereocenters. The van der Waals surface area contributed by atoms with E-state index in [0.717, 1.165) is 17.7 Å². The third kappa shape index (κ3) is 3.73. The molecule has 1 N–H and O–H groups in total. The predicted molar refractivity (Wildman–Crippen MR) is 91.8 cm³/mol. The van der Waals surface area contributed by atoms with Gasteiger partial charge in [-0.1, -0.05) is 42.5 Å². The van der Waals surface area contributed by atoms with E-state index >= 15 is 0 Å². The van der Waals surface area contributed by atoms with Crippen molar-refractivity contribution in [3.05, 3.63) is 70.3 Å². The van der Waals surface area contributed by atoms with Crippen LogP contribution < -0.4 is 4.72 Å². The summed E-state index contributed by atoms with van der Waals surface area (Å²) < 4.78 is 32.7. The highest BCUT2D eigenvalue weighted by atomic mass is 32.2. The zero-order valence-corrected chi connectivity index (χ0v) is 14.4. The molecule has 0 amide bonds. The summed E-state index contributed by atoms with van der Waals surface area (Å²) in [5.41, 5.74) is 0.344. The molecular formula is C17H16N2O6S. The molecular weight excluding hydrogens is 360 g/mol. The molecule has 0 aliphatic carbocycles. The molecule has 2 aromatic rings. The summed E-state index contributed by atoms with van der Waals surface area (Å²) in [6.07, 6.45) is 0.309. The highest BCUT2D eigenvalue weighted by molar-refractivity contribution is 7.89. The van der Waals surface area contributed by atoms with Crippen molar-refractivity contribution < 1.29 is 22.9 Å². The number of hydrogen-bond acceptors (Lipinski definition) is 6. The molecule has 1 fully saturated rings. The Hall–Kier alpha value is -2.78. The van der Waals surface area contributed by atoms with Crippen molar-refractivity contribution in [3.8, 4) is 0 Å². The molecule has 3 rings (SSSR count). The summed E-state index contributed by atoms with van der Waals surface area (Å²) in [5, 5.41) is 11.1. The van der Waals surface area contributed by atoms with E-state index in [4.69, 9.17) is 4.74 Å². The monoisotopic (exact) mass is 376 g/mol. The van der Waals surface area contributed by atoms with Crippen molar-refractivity contribution in [1.82, 2.24) is 4.72 Å². The Morgan fingerprint density at radius 3 is 2.46 bits per heavy atom. The number of sulfonamides is 1. The molecule has 0 radical (unpaired) electrons. The molecule has 26 heavy (non-hydrogen) atoms. The second kappa shape index (κ2) is 7.22. The number of esters is 1. The zero-order chi connectivity index (χ0) is 18.7. The largest absolute Gasteiger partial charge is 0.464 e. The van der Waals surface area contributed by atoms with Gasteiger partial charge in [0.2, 0.25) is 10.0 Å². The lowest BCUT2D eigenvalue weighted by Gasteiger charge is -2.17. The molecule has 1 aliphatic heterocycles. The summed E-state index contributed by atoms with van der Waals surface area (Å²) in [6, 6.07) is 13.4. The van der Waals surface area contributed by atoms with Gasteiger partial charge in [-0.15, -0.1) is 0 Å². The van der Waals surface area contributed by atoms with Crippen LogP contribution in [0.15, 0.2) is 59.5 Å². The molecule has 1 heterocycles. The number of benzene rings is 2. The highest BCUT2D eigenvalue weighted by Crippen LogP contribution is 2.26. The topological polar surface area (TPSA) is 116 Å². The van der Waals surface area contributed by atoms with Crippen molar-refractivity contribution in [2.24, 2.45) is 5.92 Å². The fourth-order valence-corrected chi connectivity index (χ4v) is 4.30. The number of nitro benzene ring substituents is 1. The van der Waals surface area contributed by atoms with Crippen LogP contribution in [0.1, 0.15) is 5.56 Å². The van der Waals surface area contributed by atoms with Gasteiger partial charge in [-0.05, 0) is 18.1 Å². The quantitative estimate of drug-likeness (QED) is 0.466. The maximum atomic E-state index is 12.6. The van der Waals surface area contributed by atoms with Crippen LogP contribution in [0.3, 0.4) is 0 Å². The van der Waals surface area contributed by atoms with Gasteiger partial charge in [0.15, 0.2) is 4.90 Å². The number of nitro groups is 1. The third-order valence-corrected chi connectivity index (χ3v) is 5.69. The Morgan fingerprint density at radius 2 is 1.77 bits per heavy atom. The first-order valence-electron chi connectivity index (χ1n) is 7.85. The highest BCUT2D eigenvalue weighted by Gasteiger charge is 2.40. The molecule has 1 aliphatic rings. The first-order chi connectivity index (χ1) is 12.4. The first kappa shape index (κ1) is 18.0. The number of carbonyl (C=O) groups excluding carboxylic acids is 1. The summed E-state index contributed by atoms with van der Waals surface area (Å²) in [6.45, 7) is -0.115. The Balaban J connectivity index is 1.85. The lowest BCUT2D eigenvalue weighted by Crippen LogP contribution is -2.41. The van der Waals surface area contributed by atoms with Crippen LogP contribution in [0.2, 0.25) is 0 Å². The van der Waals surface area contributed by atoms with Gasteiger partial charge >= 0.3 is 5.97 Å². The van der Waals surface area contributed by atoms with Crippen LogP contribution in [0.4, 0.5) is 5.69 Å². The Kier molecular flexibility index (Phi) is 5.01. The van der Waals surface area contributed by atoms with Gasteiger partial charge in [0.25, 0.3) is 5.69 Å². The summed E-state index contributed by atoms with van der Waals surface area (Å²) in [5.74, 6) is -1.20. The van der Waals surface area contributed by atoms with E-state index in [-0.39, 0.29) is 6.61 Å². The molecule has 136 valence electrons. The molecule has 0 spiro atoms. The summed E-state index contributed by atoms with van der Waals surface area (Å²) in [7, 11) is -4.19. The van der Waals surface area contributed by atoms with Crippen molar-refractivity contribution in [1.29, 1.82) is 0 Å². The van der Waals surface area contributed by atoms with E-state index in [1.54, 1.807) is 0 Å². The number of ether oxygens (including phenoxy) is 1. The van der Waals surface area contributed by atoms with Crippen LogP contribution in [0.5, 0.6) is 0 Å².